The second-order valence-electron chi connectivity index (χ2n) is 5.11. The Morgan fingerprint density at radius 2 is 2.15 bits per heavy atom. The fourth-order valence-corrected chi connectivity index (χ4v) is 3.24. The Balaban J connectivity index is 1.82. The molecule has 1 aliphatic carbocycles. The van der Waals surface area contributed by atoms with Crippen LogP contribution in [0.2, 0.25) is 0 Å². The van der Waals surface area contributed by atoms with Crippen molar-refractivity contribution in [2.24, 2.45) is 0 Å². The van der Waals surface area contributed by atoms with Gasteiger partial charge in [-0.3, -0.25) is 14.6 Å². The molecule has 0 radical (unpaired) electrons. The smallest absolute Gasteiger partial charge is 0.270 e. The Labute approximate surface area is 117 Å². The topological polar surface area (TPSA) is 76.6 Å². The number of carbonyl (C=O) groups is 1. The summed E-state index contributed by atoms with van der Waals surface area (Å²) in [7, 11) is -3.12. The first-order valence-corrected chi connectivity index (χ1v) is 8.49. The van der Waals surface area contributed by atoms with Crippen LogP contribution in [0.15, 0.2) is 18.3 Å². The third-order valence-electron chi connectivity index (χ3n) is 3.53. The zero-order valence-corrected chi connectivity index (χ0v) is 11.8. The highest BCUT2D eigenvalue weighted by Gasteiger charge is 2.32. The number of aromatic nitrogens is 1. The highest BCUT2D eigenvalue weighted by Crippen LogP contribution is 2.41. The van der Waals surface area contributed by atoms with Crippen LogP contribution in [0.1, 0.15) is 34.8 Å². The highest BCUT2D eigenvalue weighted by atomic mass is 32.2. The Bertz CT molecular complexity index is 625. The minimum atomic E-state index is -3.12. The molecule has 20 heavy (non-hydrogen) atoms. The molecule has 0 bridgehead atoms. The predicted octanol–water partition coefficient (Wildman–Crippen LogP) is 0.761. The molecule has 1 aliphatic heterocycles. The molecule has 1 saturated heterocycles. The molecule has 0 unspecified atom stereocenters. The number of hydroxylamine groups is 2. The van der Waals surface area contributed by atoms with E-state index in [1.54, 1.807) is 6.20 Å². The highest BCUT2D eigenvalue weighted by molar-refractivity contribution is 7.91. The van der Waals surface area contributed by atoms with Crippen LogP contribution >= 0.6 is 0 Å². The minimum Gasteiger partial charge on any atom is -0.270 e. The van der Waals surface area contributed by atoms with Gasteiger partial charge in [-0.25, -0.2) is 13.5 Å². The van der Waals surface area contributed by atoms with Gasteiger partial charge in [0.15, 0.2) is 9.84 Å². The first-order chi connectivity index (χ1) is 9.57. The number of carbonyl (C=O) groups excluding carboxylic acids is 1. The van der Waals surface area contributed by atoms with E-state index >= 15 is 0 Å². The summed E-state index contributed by atoms with van der Waals surface area (Å²) in [6, 6.07) is 3.73. The van der Waals surface area contributed by atoms with Crippen LogP contribution in [-0.4, -0.2) is 49.0 Å². The molecule has 2 fully saturated rings. The largest absolute Gasteiger partial charge is 0.296 e. The maximum atomic E-state index is 12.5. The maximum absolute atomic E-state index is 12.5. The average Bonchev–Trinajstić information content (AvgIpc) is 3.26. The summed E-state index contributed by atoms with van der Waals surface area (Å²) < 4.78 is 23.1. The molecule has 6 nitrogen and oxygen atoms in total. The zero-order chi connectivity index (χ0) is 14.2. The Hall–Kier alpha value is -1.47. The summed E-state index contributed by atoms with van der Waals surface area (Å²) in [5.74, 6) is -0.0540. The number of sulfone groups is 1. The number of hydrogen-bond acceptors (Lipinski definition) is 5. The molecule has 7 heteroatoms. The first kappa shape index (κ1) is 13.5. The lowest BCUT2D eigenvalue weighted by molar-refractivity contribution is -0.112. The van der Waals surface area contributed by atoms with E-state index in [9.17, 15) is 13.2 Å². The molecule has 1 amide bonds. The van der Waals surface area contributed by atoms with Crippen LogP contribution in [0, 0.1) is 0 Å². The molecule has 108 valence electrons. The van der Waals surface area contributed by atoms with Crippen molar-refractivity contribution < 1.29 is 18.0 Å². The minimum absolute atomic E-state index is 0.0136. The van der Waals surface area contributed by atoms with Crippen molar-refractivity contribution in [3.63, 3.8) is 0 Å². The Morgan fingerprint density at radius 1 is 1.35 bits per heavy atom. The number of rotatable bonds is 2. The molecule has 1 saturated carbocycles. The second kappa shape index (κ2) is 5.14. The molecule has 0 N–H and O–H groups in total. The van der Waals surface area contributed by atoms with Gasteiger partial charge in [0.25, 0.3) is 5.91 Å². The van der Waals surface area contributed by atoms with Crippen molar-refractivity contribution in [2.45, 2.75) is 18.8 Å². The standard InChI is InChI=1S/C13H16N2O4S/c16-13(15-6-8-20(17,18)9-7-19-15)12-11(10-3-4-10)2-1-5-14-12/h1-2,5,10H,3-4,6-9H2. The molecule has 0 aromatic carbocycles. The lowest BCUT2D eigenvalue weighted by atomic mass is 10.1. The van der Waals surface area contributed by atoms with E-state index in [4.69, 9.17) is 4.84 Å². The van der Waals surface area contributed by atoms with Gasteiger partial charge in [-0.15, -0.1) is 0 Å². The van der Waals surface area contributed by atoms with Crippen LogP contribution in [0.3, 0.4) is 0 Å². The Kier molecular flexibility index (Phi) is 3.47. The van der Waals surface area contributed by atoms with Crippen molar-refractivity contribution in [3.8, 4) is 0 Å². The van der Waals surface area contributed by atoms with Gasteiger partial charge < -0.3 is 0 Å². The van der Waals surface area contributed by atoms with E-state index in [0.717, 1.165) is 23.5 Å². The summed E-state index contributed by atoms with van der Waals surface area (Å²) in [4.78, 5) is 21.9. The molecule has 1 aromatic heterocycles. The van der Waals surface area contributed by atoms with Crippen molar-refractivity contribution in [2.75, 3.05) is 24.7 Å². The molecule has 2 aliphatic rings. The maximum Gasteiger partial charge on any atom is 0.296 e. The molecule has 3 rings (SSSR count). The summed E-state index contributed by atoms with van der Waals surface area (Å²) in [6.45, 7) is 0.0709. The van der Waals surface area contributed by atoms with Gasteiger partial charge in [0.05, 0.1) is 24.7 Å². The van der Waals surface area contributed by atoms with Gasteiger partial charge in [-0.2, -0.15) is 0 Å². The fourth-order valence-electron chi connectivity index (χ4n) is 2.26. The van der Waals surface area contributed by atoms with Gasteiger partial charge in [0.1, 0.15) is 5.69 Å². The summed E-state index contributed by atoms with van der Waals surface area (Å²) >= 11 is 0. The van der Waals surface area contributed by atoms with Crippen LogP contribution in [0.25, 0.3) is 0 Å². The van der Waals surface area contributed by atoms with Gasteiger partial charge in [0, 0.05) is 6.20 Å². The van der Waals surface area contributed by atoms with E-state index in [0.29, 0.717) is 11.6 Å². The summed E-state index contributed by atoms with van der Waals surface area (Å²) in [5.41, 5.74) is 1.32. The van der Waals surface area contributed by atoms with Crippen molar-refractivity contribution in [1.82, 2.24) is 10.0 Å². The first-order valence-electron chi connectivity index (χ1n) is 6.67. The zero-order valence-electron chi connectivity index (χ0n) is 11.0. The third-order valence-corrected chi connectivity index (χ3v) is 5.13. The SMILES string of the molecule is O=C(c1ncccc1C1CC1)N1CCS(=O)(=O)CCO1. The van der Waals surface area contributed by atoms with Crippen LogP contribution < -0.4 is 0 Å². The summed E-state index contributed by atoms with van der Waals surface area (Å²) in [5, 5.41) is 1.14. The van der Waals surface area contributed by atoms with Gasteiger partial charge >= 0.3 is 0 Å². The molecule has 1 aromatic rings. The number of pyridine rings is 1. The lowest BCUT2D eigenvalue weighted by Crippen LogP contribution is -2.34. The molecular weight excluding hydrogens is 280 g/mol. The Morgan fingerprint density at radius 3 is 2.90 bits per heavy atom. The summed E-state index contributed by atoms with van der Waals surface area (Å²) in [6.07, 6.45) is 3.72. The van der Waals surface area contributed by atoms with E-state index in [1.807, 2.05) is 12.1 Å². The number of amides is 1. The second-order valence-corrected chi connectivity index (χ2v) is 7.41. The van der Waals surface area contributed by atoms with E-state index in [-0.39, 0.29) is 30.6 Å². The fraction of sp³-hybridized carbons (Fsp3) is 0.538. The van der Waals surface area contributed by atoms with Crippen molar-refractivity contribution in [3.05, 3.63) is 29.6 Å². The van der Waals surface area contributed by atoms with Gasteiger partial charge in [0.2, 0.25) is 0 Å². The van der Waals surface area contributed by atoms with Gasteiger partial charge in [-0.05, 0) is 30.4 Å². The quantitative estimate of drug-likeness (QED) is 0.805. The molecule has 0 spiro atoms. The van der Waals surface area contributed by atoms with Crippen molar-refractivity contribution in [1.29, 1.82) is 0 Å². The number of hydrogen-bond donors (Lipinski definition) is 0. The predicted molar refractivity (Wildman–Crippen MR) is 71.9 cm³/mol. The van der Waals surface area contributed by atoms with E-state index < -0.39 is 9.84 Å². The van der Waals surface area contributed by atoms with Crippen LogP contribution in [-0.2, 0) is 14.7 Å². The van der Waals surface area contributed by atoms with Crippen LogP contribution in [0.4, 0.5) is 0 Å². The monoisotopic (exact) mass is 296 g/mol. The molecule has 0 atom stereocenters. The van der Waals surface area contributed by atoms with E-state index in [1.165, 1.54) is 0 Å². The average molecular weight is 296 g/mol. The molecular formula is C13H16N2O4S. The normalized spacial score (nSPS) is 22.3. The third kappa shape index (κ3) is 2.83. The number of nitrogens with zero attached hydrogens (tertiary/aromatic N) is 2. The van der Waals surface area contributed by atoms with Gasteiger partial charge in [-0.1, -0.05) is 6.07 Å². The van der Waals surface area contributed by atoms with Crippen LogP contribution in [0.5, 0.6) is 0 Å². The lowest BCUT2D eigenvalue weighted by Gasteiger charge is -2.19. The molecule has 2 heterocycles. The van der Waals surface area contributed by atoms with E-state index in [2.05, 4.69) is 4.98 Å². The van der Waals surface area contributed by atoms with Crippen molar-refractivity contribution >= 4 is 15.7 Å².